The first-order valence-electron chi connectivity index (χ1n) is 5.45. The molecule has 0 bridgehead atoms. The maximum absolute atomic E-state index is 11.9. The molecule has 82 valence electrons. The van der Waals surface area contributed by atoms with E-state index in [4.69, 9.17) is 5.11 Å². The number of hydrogen-bond donors (Lipinski definition) is 1. The largest absolute Gasteiger partial charge is 0.396 e. The summed E-state index contributed by atoms with van der Waals surface area (Å²) in [4.78, 5) is 13.7. The molecule has 1 N–H and O–H groups in total. The van der Waals surface area contributed by atoms with Crippen LogP contribution in [0, 0.1) is 11.8 Å². The molecule has 0 aromatic heterocycles. The summed E-state index contributed by atoms with van der Waals surface area (Å²) < 4.78 is 0. The Morgan fingerprint density at radius 2 is 2.07 bits per heavy atom. The molecule has 1 rings (SSSR count). The highest BCUT2D eigenvalue weighted by atomic mass is 16.3. The zero-order chi connectivity index (χ0) is 10.7. The highest BCUT2D eigenvalue weighted by Crippen LogP contribution is 2.25. The standard InChI is InChI=1S/C11H21NO2/c1-8(2)10(7-13)11(14)12(3)9-5-4-6-9/h8-10,13H,4-7H2,1-3H3. The Labute approximate surface area is 86.1 Å². The van der Waals surface area contributed by atoms with Crippen LogP contribution in [0.25, 0.3) is 0 Å². The summed E-state index contributed by atoms with van der Waals surface area (Å²) in [5.74, 6) is 0.0998. The van der Waals surface area contributed by atoms with Gasteiger partial charge in [0.2, 0.25) is 5.91 Å². The Bertz CT molecular complexity index is 199. The molecule has 0 radical (unpaired) electrons. The topological polar surface area (TPSA) is 40.5 Å². The fourth-order valence-corrected chi connectivity index (χ4v) is 1.79. The second-order valence-corrected chi connectivity index (χ2v) is 4.57. The van der Waals surface area contributed by atoms with Gasteiger partial charge in [-0.3, -0.25) is 4.79 Å². The van der Waals surface area contributed by atoms with Crippen molar-refractivity contribution in [2.45, 2.75) is 39.2 Å². The second-order valence-electron chi connectivity index (χ2n) is 4.57. The molecule has 0 heterocycles. The van der Waals surface area contributed by atoms with E-state index in [1.807, 2.05) is 25.8 Å². The fourth-order valence-electron chi connectivity index (χ4n) is 1.79. The Morgan fingerprint density at radius 3 is 2.36 bits per heavy atom. The first kappa shape index (κ1) is 11.5. The van der Waals surface area contributed by atoms with Crippen molar-refractivity contribution in [1.82, 2.24) is 4.90 Å². The quantitative estimate of drug-likeness (QED) is 0.740. The van der Waals surface area contributed by atoms with Gasteiger partial charge in [0, 0.05) is 13.1 Å². The van der Waals surface area contributed by atoms with E-state index in [1.54, 1.807) is 0 Å². The molecule has 1 amide bonds. The summed E-state index contributed by atoms with van der Waals surface area (Å²) in [5, 5.41) is 9.14. The molecule has 1 aliphatic carbocycles. The van der Waals surface area contributed by atoms with Crippen LogP contribution in [-0.4, -0.2) is 35.6 Å². The molecule has 0 aromatic carbocycles. The van der Waals surface area contributed by atoms with Crippen molar-refractivity contribution in [3.8, 4) is 0 Å². The Balaban J connectivity index is 2.52. The van der Waals surface area contributed by atoms with Crippen molar-refractivity contribution in [1.29, 1.82) is 0 Å². The van der Waals surface area contributed by atoms with E-state index in [9.17, 15) is 4.79 Å². The molecule has 0 spiro atoms. The van der Waals surface area contributed by atoms with Gasteiger partial charge in [0.25, 0.3) is 0 Å². The van der Waals surface area contributed by atoms with E-state index in [0.29, 0.717) is 6.04 Å². The van der Waals surface area contributed by atoms with Gasteiger partial charge in [0.1, 0.15) is 0 Å². The minimum absolute atomic E-state index is 0.0342. The third-order valence-corrected chi connectivity index (χ3v) is 3.29. The molecule has 1 fully saturated rings. The van der Waals surface area contributed by atoms with E-state index in [0.717, 1.165) is 12.8 Å². The number of carbonyl (C=O) groups is 1. The molecule has 1 saturated carbocycles. The fraction of sp³-hybridized carbons (Fsp3) is 0.909. The summed E-state index contributed by atoms with van der Waals surface area (Å²) in [6, 6.07) is 0.426. The van der Waals surface area contributed by atoms with Crippen LogP contribution >= 0.6 is 0 Å². The number of nitrogens with zero attached hydrogens (tertiary/aromatic N) is 1. The molecule has 1 unspecified atom stereocenters. The van der Waals surface area contributed by atoms with E-state index < -0.39 is 0 Å². The van der Waals surface area contributed by atoms with Gasteiger partial charge in [-0.1, -0.05) is 13.8 Å². The summed E-state index contributed by atoms with van der Waals surface area (Å²) in [6.45, 7) is 3.92. The first-order chi connectivity index (χ1) is 6.57. The Morgan fingerprint density at radius 1 is 1.50 bits per heavy atom. The molecule has 14 heavy (non-hydrogen) atoms. The summed E-state index contributed by atoms with van der Waals surface area (Å²) in [6.07, 6.45) is 3.48. The average molecular weight is 199 g/mol. The minimum Gasteiger partial charge on any atom is -0.396 e. The smallest absolute Gasteiger partial charge is 0.228 e. The maximum Gasteiger partial charge on any atom is 0.228 e. The normalized spacial score (nSPS) is 19.2. The van der Waals surface area contributed by atoms with Gasteiger partial charge in [0.05, 0.1) is 12.5 Å². The summed E-state index contributed by atoms with van der Waals surface area (Å²) in [5.41, 5.74) is 0. The van der Waals surface area contributed by atoms with E-state index in [2.05, 4.69) is 0 Å². The molecule has 3 nitrogen and oxygen atoms in total. The molecular formula is C11H21NO2. The molecule has 1 atom stereocenters. The van der Waals surface area contributed by atoms with Gasteiger partial charge >= 0.3 is 0 Å². The van der Waals surface area contributed by atoms with Crippen LogP contribution in [0.15, 0.2) is 0 Å². The number of aliphatic hydroxyl groups is 1. The zero-order valence-electron chi connectivity index (χ0n) is 9.36. The van der Waals surface area contributed by atoms with Crippen molar-refractivity contribution in [2.24, 2.45) is 11.8 Å². The SMILES string of the molecule is CC(C)C(CO)C(=O)N(C)C1CCC1. The zero-order valence-corrected chi connectivity index (χ0v) is 9.36. The lowest BCUT2D eigenvalue weighted by atomic mass is 9.89. The van der Waals surface area contributed by atoms with E-state index in [-0.39, 0.29) is 24.3 Å². The Kier molecular flexibility index (Phi) is 3.93. The van der Waals surface area contributed by atoms with Crippen LogP contribution in [-0.2, 0) is 4.79 Å². The summed E-state index contributed by atoms with van der Waals surface area (Å²) in [7, 11) is 1.86. The highest BCUT2D eigenvalue weighted by Gasteiger charge is 2.31. The number of carbonyl (C=O) groups excluding carboxylic acids is 1. The monoisotopic (exact) mass is 199 g/mol. The molecule has 0 aliphatic heterocycles. The first-order valence-corrected chi connectivity index (χ1v) is 5.45. The third-order valence-electron chi connectivity index (χ3n) is 3.29. The van der Waals surface area contributed by atoms with Gasteiger partial charge in [-0.05, 0) is 25.2 Å². The molecular weight excluding hydrogens is 178 g/mol. The van der Waals surface area contributed by atoms with Crippen molar-refractivity contribution in [3.05, 3.63) is 0 Å². The van der Waals surface area contributed by atoms with Crippen LogP contribution < -0.4 is 0 Å². The Hall–Kier alpha value is -0.570. The third kappa shape index (κ3) is 2.27. The van der Waals surface area contributed by atoms with Gasteiger partial charge in [0.15, 0.2) is 0 Å². The lowest BCUT2D eigenvalue weighted by Crippen LogP contribution is -2.46. The van der Waals surface area contributed by atoms with Crippen molar-refractivity contribution in [3.63, 3.8) is 0 Å². The number of hydrogen-bond acceptors (Lipinski definition) is 2. The van der Waals surface area contributed by atoms with Gasteiger partial charge in [-0.15, -0.1) is 0 Å². The van der Waals surface area contributed by atoms with Gasteiger partial charge < -0.3 is 10.0 Å². The average Bonchev–Trinajstić information content (AvgIpc) is 2.01. The van der Waals surface area contributed by atoms with E-state index >= 15 is 0 Å². The minimum atomic E-state index is -0.222. The predicted octanol–water partition coefficient (Wildman–Crippen LogP) is 1.26. The van der Waals surface area contributed by atoms with E-state index in [1.165, 1.54) is 6.42 Å². The van der Waals surface area contributed by atoms with Crippen LogP contribution in [0.1, 0.15) is 33.1 Å². The molecule has 0 aromatic rings. The maximum atomic E-state index is 11.9. The van der Waals surface area contributed by atoms with Crippen LogP contribution in [0.2, 0.25) is 0 Å². The van der Waals surface area contributed by atoms with Crippen molar-refractivity contribution >= 4 is 5.91 Å². The summed E-state index contributed by atoms with van der Waals surface area (Å²) >= 11 is 0. The van der Waals surface area contributed by atoms with Crippen molar-refractivity contribution < 1.29 is 9.90 Å². The second kappa shape index (κ2) is 4.78. The van der Waals surface area contributed by atoms with Crippen LogP contribution in [0.3, 0.4) is 0 Å². The number of rotatable bonds is 4. The molecule has 0 saturated heterocycles. The van der Waals surface area contributed by atoms with Gasteiger partial charge in [-0.2, -0.15) is 0 Å². The van der Waals surface area contributed by atoms with Crippen LogP contribution in [0.4, 0.5) is 0 Å². The molecule has 1 aliphatic rings. The number of aliphatic hydroxyl groups excluding tert-OH is 1. The lowest BCUT2D eigenvalue weighted by molar-refractivity contribution is -0.140. The predicted molar refractivity (Wildman–Crippen MR) is 55.8 cm³/mol. The van der Waals surface area contributed by atoms with Gasteiger partial charge in [-0.25, -0.2) is 0 Å². The lowest BCUT2D eigenvalue weighted by Gasteiger charge is -2.37. The number of amides is 1. The highest BCUT2D eigenvalue weighted by molar-refractivity contribution is 5.79. The van der Waals surface area contributed by atoms with Crippen molar-refractivity contribution in [2.75, 3.05) is 13.7 Å². The molecule has 3 heteroatoms. The van der Waals surface area contributed by atoms with Crippen LogP contribution in [0.5, 0.6) is 0 Å².